The van der Waals surface area contributed by atoms with Crippen LogP contribution in [-0.2, 0) is 19.6 Å². The number of anilines is 2. The summed E-state index contributed by atoms with van der Waals surface area (Å²) < 4.78 is 33.8. The maximum atomic E-state index is 13.7. The first-order chi connectivity index (χ1) is 19.1. The molecule has 1 amide bonds. The van der Waals surface area contributed by atoms with Crippen LogP contribution in [0.2, 0.25) is 0 Å². The number of hydrogen-bond acceptors (Lipinski definition) is 8. The van der Waals surface area contributed by atoms with E-state index >= 15 is 0 Å². The van der Waals surface area contributed by atoms with Gasteiger partial charge < -0.3 is 9.64 Å². The highest BCUT2D eigenvalue weighted by Crippen LogP contribution is 2.28. The van der Waals surface area contributed by atoms with Gasteiger partial charge in [0.2, 0.25) is 0 Å². The minimum atomic E-state index is -4.09. The zero-order valence-electron chi connectivity index (χ0n) is 22.5. The normalized spacial score (nSPS) is 13.8. The molecule has 1 N–H and O–H groups in total. The fraction of sp³-hybridized carbons (Fsp3) is 0.286. The van der Waals surface area contributed by atoms with E-state index in [0.29, 0.717) is 48.8 Å². The van der Waals surface area contributed by atoms with Gasteiger partial charge in [-0.05, 0) is 56.2 Å². The molecule has 12 heteroatoms. The third-order valence-corrected chi connectivity index (χ3v) is 8.27. The Bertz CT molecular complexity index is 1530. The Kier molecular flexibility index (Phi) is 8.80. The summed E-state index contributed by atoms with van der Waals surface area (Å²) >= 11 is 0. The number of benzene rings is 3. The van der Waals surface area contributed by atoms with Crippen molar-refractivity contribution < 1.29 is 22.9 Å². The Morgan fingerprint density at radius 1 is 1.05 bits per heavy atom. The largest absolute Gasteiger partial charge is 0.378 e. The van der Waals surface area contributed by atoms with Gasteiger partial charge in [0, 0.05) is 36.5 Å². The number of carbonyl (C=O) groups is 1. The van der Waals surface area contributed by atoms with E-state index in [-0.39, 0.29) is 10.6 Å². The minimum Gasteiger partial charge on any atom is -0.378 e. The number of nitro benzene ring substituents is 1. The summed E-state index contributed by atoms with van der Waals surface area (Å²) in [5.41, 5.74) is 6.24. The van der Waals surface area contributed by atoms with Gasteiger partial charge in [-0.2, -0.15) is 5.10 Å². The lowest BCUT2D eigenvalue weighted by molar-refractivity contribution is -0.384. The molecular formula is C28H31N5O6S. The number of aryl methyl sites for hydroxylation is 3. The number of hydrogen-bond donors (Lipinski definition) is 1. The average Bonchev–Trinajstić information content (AvgIpc) is 2.93. The maximum Gasteiger partial charge on any atom is 0.270 e. The Balaban J connectivity index is 1.60. The molecule has 0 aromatic heterocycles. The number of ether oxygens (including phenoxy) is 1. The molecule has 4 rings (SSSR count). The summed E-state index contributed by atoms with van der Waals surface area (Å²) in [6.45, 7) is 7.20. The van der Waals surface area contributed by atoms with Gasteiger partial charge in [-0.25, -0.2) is 13.8 Å². The molecule has 210 valence electrons. The van der Waals surface area contributed by atoms with Gasteiger partial charge >= 0.3 is 0 Å². The maximum absolute atomic E-state index is 13.7. The smallest absolute Gasteiger partial charge is 0.270 e. The first-order valence-electron chi connectivity index (χ1n) is 12.7. The molecule has 0 aliphatic carbocycles. The molecule has 0 bridgehead atoms. The number of rotatable bonds is 9. The van der Waals surface area contributed by atoms with Gasteiger partial charge in [0.25, 0.3) is 21.6 Å². The van der Waals surface area contributed by atoms with Crippen LogP contribution in [0.1, 0.15) is 22.3 Å². The van der Waals surface area contributed by atoms with Crippen molar-refractivity contribution in [1.82, 2.24) is 5.43 Å². The second kappa shape index (κ2) is 12.3. The molecule has 40 heavy (non-hydrogen) atoms. The minimum absolute atomic E-state index is 0.0575. The highest BCUT2D eigenvalue weighted by Gasteiger charge is 2.28. The molecule has 3 aromatic rings. The number of hydrazone groups is 1. The van der Waals surface area contributed by atoms with Crippen LogP contribution in [0, 0.1) is 30.9 Å². The third-order valence-electron chi connectivity index (χ3n) is 6.50. The fourth-order valence-corrected chi connectivity index (χ4v) is 5.79. The molecule has 1 fully saturated rings. The molecule has 1 heterocycles. The third kappa shape index (κ3) is 6.64. The first-order valence-corrected chi connectivity index (χ1v) is 14.1. The van der Waals surface area contributed by atoms with Crippen LogP contribution in [0.15, 0.2) is 70.7 Å². The van der Waals surface area contributed by atoms with Gasteiger partial charge in [-0.15, -0.1) is 0 Å². The molecule has 0 unspecified atom stereocenters. The highest BCUT2D eigenvalue weighted by molar-refractivity contribution is 7.92. The Hall–Kier alpha value is -4.29. The monoisotopic (exact) mass is 565 g/mol. The first kappa shape index (κ1) is 28.7. The number of non-ortho nitro benzene ring substituents is 1. The molecule has 11 nitrogen and oxygen atoms in total. The molecule has 1 saturated heterocycles. The van der Waals surface area contributed by atoms with Crippen LogP contribution in [0.5, 0.6) is 0 Å². The molecular weight excluding hydrogens is 534 g/mol. The summed E-state index contributed by atoms with van der Waals surface area (Å²) in [6.07, 6.45) is 1.33. The van der Waals surface area contributed by atoms with Crippen molar-refractivity contribution in [3.63, 3.8) is 0 Å². The van der Waals surface area contributed by atoms with E-state index in [4.69, 9.17) is 4.74 Å². The van der Waals surface area contributed by atoms with Gasteiger partial charge in [-0.3, -0.25) is 19.2 Å². The quantitative estimate of drug-likeness (QED) is 0.237. The topological polar surface area (TPSA) is 134 Å². The molecule has 0 saturated carbocycles. The molecule has 3 aromatic carbocycles. The molecule has 0 radical (unpaired) electrons. The average molecular weight is 566 g/mol. The van der Waals surface area contributed by atoms with Crippen molar-refractivity contribution in [2.45, 2.75) is 25.7 Å². The standard InChI is InChI=1S/C28H31N5O6S/c1-20-5-9-25(10-6-20)40(37,38)32(27-16-21(2)4-7-22(27)3)19-28(34)30-29-18-23-17-24(33(35)36)8-11-26(23)31-12-14-39-15-13-31/h4-11,16-18H,12-15,19H2,1-3H3,(H,30,34)/b29-18-. The number of nitro groups is 1. The number of nitrogens with one attached hydrogen (secondary N) is 1. The van der Waals surface area contributed by atoms with Crippen molar-refractivity contribution >= 4 is 39.2 Å². The zero-order chi connectivity index (χ0) is 28.9. The lowest BCUT2D eigenvalue weighted by Crippen LogP contribution is -2.40. The predicted octanol–water partition coefficient (Wildman–Crippen LogP) is 3.70. The number of nitrogens with zero attached hydrogens (tertiary/aromatic N) is 4. The highest BCUT2D eigenvalue weighted by atomic mass is 32.2. The van der Waals surface area contributed by atoms with E-state index in [1.54, 1.807) is 37.3 Å². The Morgan fingerprint density at radius 3 is 2.40 bits per heavy atom. The van der Waals surface area contributed by atoms with E-state index in [2.05, 4.69) is 10.5 Å². The van der Waals surface area contributed by atoms with Crippen LogP contribution in [0.25, 0.3) is 0 Å². The van der Waals surface area contributed by atoms with Crippen molar-refractivity contribution in [2.75, 3.05) is 42.1 Å². The van der Waals surface area contributed by atoms with E-state index in [9.17, 15) is 23.3 Å². The van der Waals surface area contributed by atoms with Crippen LogP contribution >= 0.6 is 0 Å². The fourth-order valence-electron chi connectivity index (χ4n) is 4.32. The second-order valence-electron chi connectivity index (χ2n) is 9.51. The lowest BCUT2D eigenvalue weighted by Gasteiger charge is -2.29. The van der Waals surface area contributed by atoms with Crippen molar-refractivity contribution in [2.24, 2.45) is 5.10 Å². The molecule has 1 aliphatic heterocycles. The van der Waals surface area contributed by atoms with Crippen LogP contribution < -0.4 is 14.6 Å². The SMILES string of the molecule is Cc1ccc(S(=O)(=O)N(CC(=O)N/N=C\c2cc([N+](=O)[O-])ccc2N2CCOCC2)c2cc(C)ccc2C)cc1. The van der Waals surface area contributed by atoms with Crippen LogP contribution in [-0.4, -0.2) is 58.3 Å². The van der Waals surface area contributed by atoms with Gasteiger partial charge in [0.05, 0.1) is 34.9 Å². The molecule has 0 atom stereocenters. The summed E-state index contributed by atoms with van der Waals surface area (Å²) in [6, 6.07) is 16.2. The van der Waals surface area contributed by atoms with E-state index in [1.165, 1.54) is 30.5 Å². The summed E-state index contributed by atoms with van der Waals surface area (Å²) in [5.74, 6) is -0.675. The van der Waals surface area contributed by atoms with E-state index in [0.717, 1.165) is 15.4 Å². The van der Waals surface area contributed by atoms with Crippen molar-refractivity contribution in [3.8, 4) is 0 Å². The summed E-state index contributed by atoms with van der Waals surface area (Å²) in [5, 5.41) is 15.4. The molecule has 0 spiro atoms. The summed E-state index contributed by atoms with van der Waals surface area (Å²) in [4.78, 5) is 26.0. The van der Waals surface area contributed by atoms with E-state index in [1.807, 2.05) is 24.8 Å². The number of carbonyl (C=O) groups excluding carboxylic acids is 1. The van der Waals surface area contributed by atoms with E-state index < -0.39 is 27.4 Å². The predicted molar refractivity (Wildman–Crippen MR) is 153 cm³/mol. The number of amides is 1. The number of sulfonamides is 1. The van der Waals surface area contributed by atoms with Crippen molar-refractivity contribution in [1.29, 1.82) is 0 Å². The second-order valence-corrected chi connectivity index (χ2v) is 11.4. The Labute approximate surface area is 233 Å². The zero-order valence-corrected chi connectivity index (χ0v) is 23.3. The lowest BCUT2D eigenvalue weighted by atomic mass is 10.1. The summed E-state index contributed by atoms with van der Waals surface area (Å²) in [7, 11) is -4.09. The Morgan fingerprint density at radius 2 is 1.73 bits per heavy atom. The van der Waals surface area contributed by atoms with Gasteiger partial charge in [-0.1, -0.05) is 29.8 Å². The van der Waals surface area contributed by atoms with Crippen LogP contribution in [0.4, 0.5) is 17.1 Å². The van der Waals surface area contributed by atoms with Gasteiger partial charge in [0.1, 0.15) is 6.54 Å². The molecule has 1 aliphatic rings. The van der Waals surface area contributed by atoms with Gasteiger partial charge in [0.15, 0.2) is 0 Å². The number of morpholine rings is 1. The van der Waals surface area contributed by atoms with Crippen molar-refractivity contribution in [3.05, 3.63) is 93.0 Å². The van der Waals surface area contributed by atoms with Crippen LogP contribution in [0.3, 0.4) is 0 Å².